The predicted octanol–water partition coefficient (Wildman–Crippen LogP) is 3.61. The maximum Gasteiger partial charge on any atom is 0.293 e. The van der Waals surface area contributed by atoms with Gasteiger partial charge in [-0.3, -0.25) is 14.4 Å². The number of aromatic nitrogens is 1. The van der Waals surface area contributed by atoms with Crippen molar-refractivity contribution in [3.8, 4) is 0 Å². The predicted molar refractivity (Wildman–Crippen MR) is 154 cm³/mol. The molecule has 0 unspecified atom stereocenters. The summed E-state index contributed by atoms with van der Waals surface area (Å²) in [6.07, 6.45) is 3.60. The topological polar surface area (TPSA) is 111 Å². The first kappa shape index (κ1) is 27.2. The molecule has 210 valence electrons. The minimum Gasteiger partial charge on any atom is -0.436 e. The third kappa shape index (κ3) is 6.27. The molecule has 2 aliphatic heterocycles. The number of anilines is 3. The smallest absolute Gasteiger partial charge is 0.293 e. The number of rotatable bonds is 9. The first-order chi connectivity index (χ1) is 19.4. The molecule has 0 bridgehead atoms. The van der Waals surface area contributed by atoms with Crippen LogP contribution < -0.4 is 20.4 Å². The second-order valence-electron chi connectivity index (χ2n) is 10.3. The number of carbonyl (C=O) groups is 3. The fourth-order valence-corrected chi connectivity index (χ4v) is 5.32. The van der Waals surface area contributed by atoms with Crippen molar-refractivity contribution >= 4 is 34.8 Å². The molecule has 2 aromatic carbocycles. The summed E-state index contributed by atoms with van der Waals surface area (Å²) in [6.45, 7) is 8.90. The van der Waals surface area contributed by atoms with Gasteiger partial charge in [0.2, 0.25) is 11.7 Å². The van der Waals surface area contributed by atoms with E-state index in [1.807, 2.05) is 17.0 Å². The van der Waals surface area contributed by atoms with E-state index in [0.717, 1.165) is 44.8 Å². The maximum absolute atomic E-state index is 13.0. The number of benzene rings is 2. The molecule has 0 saturated carbocycles. The van der Waals surface area contributed by atoms with Gasteiger partial charge in [-0.25, -0.2) is 4.98 Å². The second-order valence-corrected chi connectivity index (χ2v) is 10.3. The van der Waals surface area contributed by atoms with Crippen LogP contribution in [0.4, 0.5) is 17.1 Å². The summed E-state index contributed by atoms with van der Waals surface area (Å²) in [7, 11) is 0. The zero-order chi connectivity index (χ0) is 28.1. The summed E-state index contributed by atoms with van der Waals surface area (Å²) < 4.78 is 5.42. The lowest BCUT2D eigenvalue weighted by molar-refractivity contribution is -0.127. The minimum absolute atomic E-state index is 0.110. The molecule has 2 saturated heterocycles. The number of carbonyl (C=O) groups excluding carboxylic acids is 3. The van der Waals surface area contributed by atoms with E-state index in [1.54, 1.807) is 19.1 Å². The van der Waals surface area contributed by atoms with Gasteiger partial charge in [-0.2, -0.15) is 0 Å². The number of piperazine rings is 1. The van der Waals surface area contributed by atoms with Crippen molar-refractivity contribution < 1.29 is 18.8 Å². The highest BCUT2D eigenvalue weighted by Gasteiger charge is 2.23. The van der Waals surface area contributed by atoms with E-state index < -0.39 is 5.91 Å². The van der Waals surface area contributed by atoms with Crippen LogP contribution in [0.2, 0.25) is 0 Å². The Kier molecular flexibility index (Phi) is 8.33. The molecular formula is C30H36N6O4. The van der Waals surface area contributed by atoms with Crippen LogP contribution in [0.1, 0.15) is 51.6 Å². The van der Waals surface area contributed by atoms with Crippen molar-refractivity contribution in [2.45, 2.75) is 33.1 Å². The average Bonchev–Trinajstić information content (AvgIpc) is 3.59. The van der Waals surface area contributed by atoms with Crippen molar-refractivity contribution in [3.05, 3.63) is 71.4 Å². The fraction of sp³-hybridized carbons (Fsp3) is 0.400. The Balaban J connectivity index is 1.28. The van der Waals surface area contributed by atoms with Crippen molar-refractivity contribution in [2.75, 3.05) is 60.9 Å². The van der Waals surface area contributed by atoms with E-state index in [-0.39, 0.29) is 17.6 Å². The molecule has 0 radical (unpaired) electrons. The lowest BCUT2D eigenvalue weighted by atomic mass is 10.1. The summed E-state index contributed by atoms with van der Waals surface area (Å²) in [4.78, 5) is 48.2. The van der Waals surface area contributed by atoms with Gasteiger partial charge in [-0.05, 0) is 49.6 Å². The number of para-hydroxylation sites is 1. The Morgan fingerprint density at radius 3 is 2.38 bits per heavy atom. The van der Waals surface area contributed by atoms with Crippen LogP contribution in [0.25, 0.3) is 0 Å². The van der Waals surface area contributed by atoms with Gasteiger partial charge >= 0.3 is 0 Å². The number of hydrogen-bond donors (Lipinski definition) is 2. The van der Waals surface area contributed by atoms with Crippen molar-refractivity contribution in [1.29, 1.82) is 0 Å². The van der Waals surface area contributed by atoms with Gasteiger partial charge in [-0.1, -0.05) is 18.2 Å². The highest BCUT2D eigenvalue weighted by atomic mass is 16.4. The average molecular weight is 545 g/mol. The monoisotopic (exact) mass is 544 g/mol. The van der Waals surface area contributed by atoms with Crippen molar-refractivity contribution in [1.82, 2.24) is 15.2 Å². The lowest BCUT2D eigenvalue weighted by Crippen LogP contribution is -2.47. The maximum atomic E-state index is 13.0. The molecule has 2 N–H and O–H groups in total. The highest BCUT2D eigenvalue weighted by Crippen LogP contribution is 2.30. The van der Waals surface area contributed by atoms with E-state index in [1.165, 1.54) is 17.4 Å². The molecule has 0 spiro atoms. The van der Waals surface area contributed by atoms with Crippen LogP contribution in [0.15, 0.2) is 53.1 Å². The van der Waals surface area contributed by atoms with Crippen molar-refractivity contribution in [2.24, 2.45) is 0 Å². The van der Waals surface area contributed by atoms with E-state index in [9.17, 15) is 14.4 Å². The normalized spacial score (nSPS) is 15.4. The minimum atomic E-state index is -0.423. The highest BCUT2D eigenvalue weighted by molar-refractivity contribution is 6.05. The fourth-order valence-electron chi connectivity index (χ4n) is 5.32. The molecule has 3 aromatic rings. The van der Waals surface area contributed by atoms with Crippen LogP contribution in [0.5, 0.6) is 0 Å². The quantitative estimate of drug-likeness (QED) is 0.396. The Labute approximate surface area is 234 Å². The van der Waals surface area contributed by atoms with Crippen molar-refractivity contribution in [3.63, 3.8) is 0 Å². The summed E-state index contributed by atoms with van der Waals surface area (Å²) in [5.74, 6) is 0.0486. The van der Waals surface area contributed by atoms with Crippen LogP contribution in [0, 0.1) is 13.8 Å². The largest absolute Gasteiger partial charge is 0.436 e. The summed E-state index contributed by atoms with van der Waals surface area (Å²) in [5.41, 5.74) is 4.31. The Morgan fingerprint density at radius 1 is 0.950 bits per heavy atom. The summed E-state index contributed by atoms with van der Waals surface area (Å²) in [6, 6.07) is 13.8. The molecule has 40 heavy (non-hydrogen) atoms. The standard InChI is InChI=1S/C30H36N6O4/c1-21-7-3-4-8-25(21)34-15-17-35(18-16-34)26-11-10-23(19-24(26)33-30(39)27-20-32-22(2)40-27)29(38)31-12-6-14-36-13-5-9-28(36)37/h3-4,7-8,10-11,19-20H,5-6,9,12-18H2,1-2H3,(H,31,38)(H,33,39). The zero-order valence-corrected chi connectivity index (χ0v) is 23.1. The third-order valence-electron chi connectivity index (χ3n) is 7.49. The molecule has 10 nitrogen and oxygen atoms in total. The van der Waals surface area contributed by atoms with E-state index in [0.29, 0.717) is 43.1 Å². The molecular weight excluding hydrogens is 508 g/mol. The first-order valence-electron chi connectivity index (χ1n) is 13.9. The van der Waals surface area contributed by atoms with E-state index in [4.69, 9.17) is 4.42 Å². The lowest BCUT2D eigenvalue weighted by Gasteiger charge is -2.38. The molecule has 3 amide bonds. The number of nitrogens with zero attached hydrogens (tertiary/aromatic N) is 4. The van der Waals surface area contributed by atoms with Crippen LogP contribution in [-0.2, 0) is 4.79 Å². The van der Waals surface area contributed by atoms with Gasteiger partial charge < -0.3 is 29.8 Å². The molecule has 2 fully saturated rings. The van der Waals surface area contributed by atoms with Gasteiger partial charge in [-0.15, -0.1) is 0 Å². The first-order valence-corrected chi connectivity index (χ1v) is 13.9. The third-order valence-corrected chi connectivity index (χ3v) is 7.49. The van der Waals surface area contributed by atoms with Gasteiger partial charge in [0.25, 0.3) is 11.8 Å². The van der Waals surface area contributed by atoms with E-state index >= 15 is 0 Å². The van der Waals surface area contributed by atoms with Crippen LogP contribution in [0.3, 0.4) is 0 Å². The van der Waals surface area contributed by atoms with Crippen LogP contribution in [-0.4, -0.2) is 73.4 Å². The molecule has 0 atom stereocenters. The summed E-state index contributed by atoms with van der Waals surface area (Å²) >= 11 is 0. The SMILES string of the molecule is Cc1ncc(C(=O)Nc2cc(C(=O)NCCCN3CCCC3=O)ccc2N2CCN(c3ccccc3C)CC2)o1. The number of hydrogen-bond acceptors (Lipinski definition) is 7. The van der Waals surface area contributed by atoms with Gasteiger partial charge in [0.05, 0.1) is 17.6 Å². The molecule has 10 heteroatoms. The van der Waals surface area contributed by atoms with Gasteiger partial charge in [0.1, 0.15) is 0 Å². The van der Waals surface area contributed by atoms with Gasteiger partial charge in [0, 0.05) is 70.4 Å². The Hall–Kier alpha value is -4.34. The molecule has 5 rings (SSSR count). The number of amides is 3. The number of oxazole rings is 1. The Morgan fingerprint density at radius 2 is 1.70 bits per heavy atom. The number of nitrogens with one attached hydrogen (secondary N) is 2. The summed E-state index contributed by atoms with van der Waals surface area (Å²) in [5, 5.41) is 5.88. The van der Waals surface area contributed by atoms with E-state index in [2.05, 4.69) is 50.5 Å². The van der Waals surface area contributed by atoms with Gasteiger partial charge in [0.15, 0.2) is 5.89 Å². The number of likely N-dealkylation sites (tertiary alicyclic amines) is 1. The van der Waals surface area contributed by atoms with Crippen LogP contribution >= 0.6 is 0 Å². The molecule has 3 heterocycles. The Bertz CT molecular complexity index is 1380. The second kappa shape index (κ2) is 12.2. The number of aryl methyl sites for hydroxylation is 2. The zero-order valence-electron chi connectivity index (χ0n) is 23.1. The molecule has 1 aromatic heterocycles. The molecule has 2 aliphatic rings. The molecule has 0 aliphatic carbocycles.